The second-order valence-electron chi connectivity index (χ2n) is 7.04. The van der Waals surface area contributed by atoms with Crippen molar-refractivity contribution in [1.29, 1.82) is 0 Å². The van der Waals surface area contributed by atoms with Crippen molar-refractivity contribution in [2.24, 2.45) is 0 Å². The number of nitrogens with one attached hydrogen (secondary N) is 1. The van der Waals surface area contributed by atoms with Crippen LogP contribution in [0.25, 0.3) is 11.0 Å². The molecule has 7 heteroatoms. The summed E-state index contributed by atoms with van der Waals surface area (Å²) < 4.78 is 10.5. The maximum atomic E-state index is 5.29. The summed E-state index contributed by atoms with van der Waals surface area (Å²) in [5.74, 6) is 3.52. The first kappa shape index (κ1) is 21.6. The molecule has 0 aliphatic carbocycles. The van der Waals surface area contributed by atoms with E-state index in [0.717, 1.165) is 51.3 Å². The van der Waals surface area contributed by atoms with E-state index in [0.29, 0.717) is 0 Å². The number of pyridine rings is 1. The Bertz CT molecular complexity index is 1160. The minimum Gasteiger partial charge on any atom is -0.497 e. The lowest BCUT2D eigenvalue weighted by atomic mass is 10.2. The molecule has 0 radical (unpaired) electrons. The molecule has 31 heavy (non-hydrogen) atoms. The monoisotopic (exact) mass is 451 g/mol. The lowest BCUT2D eigenvalue weighted by Crippen LogP contribution is -1.96. The summed E-state index contributed by atoms with van der Waals surface area (Å²) in [5, 5.41) is 0.891. The Balaban J connectivity index is 1.36. The average Bonchev–Trinajstić information content (AvgIpc) is 3.22. The molecule has 0 saturated heterocycles. The lowest BCUT2D eigenvalue weighted by molar-refractivity contribution is 0.414. The van der Waals surface area contributed by atoms with Crippen LogP contribution in [0.4, 0.5) is 0 Å². The number of rotatable bonds is 9. The van der Waals surface area contributed by atoms with Crippen molar-refractivity contribution in [3.63, 3.8) is 0 Å². The lowest BCUT2D eigenvalue weighted by Gasteiger charge is -2.10. The van der Waals surface area contributed by atoms with Crippen molar-refractivity contribution < 1.29 is 9.47 Å². The maximum Gasteiger partial charge on any atom is 0.166 e. The van der Waals surface area contributed by atoms with Gasteiger partial charge in [0.2, 0.25) is 0 Å². The number of fused-ring (bicyclic) bond motifs is 1. The van der Waals surface area contributed by atoms with Crippen molar-refractivity contribution in [2.75, 3.05) is 20.0 Å². The van der Waals surface area contributed by atoms with Crippen molar-refractivity contribution in [2.45, 2.75) is 29.1 Å². The number of benzene rings is 2. The highest BCUT2D eigenvalue weighted by Crippen LogP contribution is 2.29. The molecule has 1 N–H and O–H groups in total. The molecular formula is C24H25N3O2S2. The van der Waals surface area contributed by atoms with E-state index in [2.05, 4.69) is 40.1 Å². The molecule has 0 atom stereocenters. The molecule has 0 fully saturated rings. The predicted octanol–water partition coefficient (Wildman–Crippen LogP) is 5.91. The van der Waals surface area contributed by atoms with E-state index in [4.69, 9.17) is 9.47 Å². The molecule has 0 bridgehead atoms. The fourth-order valence-corrected chi connectivity index (χ4v) is 5.19. The zero-order chi connectivity index (χ0) is 21.6. The van der Waals surface area contributed by atoms with E-state index >= 15 is 0 Å². The third kappa shape index (κ3) is 5.35. The summed E-state index contributed by atoms with van der Waals surface area (Å²) in [4.78, 5) is 13.9. The SMILES string of the molecule is COc1ccc(CCSc2ccnc(CSc3nc4ccc(OC)cc4[nH]3)c2C)cc1. The Labute approximate surface area is 191 Å². The summed E-state index contributed by atoms with van der Waals surface area (Å²) in [6.07, 6.45) is 2.92. The number of aromatic nitrogens is 3. The fourth-order valence-electron chi connectivity index (χ4n) is 3.23. The summed E-state index contributed by atoms with van der Waals surface area (Å²) in [6.45, 7) is 2.15. The maximum absolute atomic E-state index is 5.29. The van der Waals surface area contributed by atoms with Crippen molar-refractivity contribution >= 4 is 34.6 Å². The summed E-state index contributed by atoms with van der Waals surface area (Å²) in [5.41, 5.74) is 5.58. The van der Waals surface area contributed by atoms with Crippen LogP contribution >= 0.6 is 23.5 Å². The quantitative estimate of drug-likeness (QED) is 0.319. The highest BCUT2D eigenvalue weighted by atomic mass is 32.2. The molecule has 0 aliphatic heterocycles. The topological polar surface area (TPSA) is 60.0 Å². The highest BCUT2D eigenvalue weighted by Gasteiger charge is 2.10. The largest absolute Gasteiger partial charge is 0.497 e. The van der Waals surface area contributed by atoms with Gasteiger partial charge in [0, 0.05) is 28.7 Å². The zero-order valence-corrected chi connectivity index (χ0v) is 19.5. The van der Waals surface area contributed by atoms with Gasteiger partial charge in [-0.15, -0.1) is 11.8 Å². The van der Waals surface area contributed by atoms with E-state index in [9.17, 15) is 0 Å². The van der Waals surface area contributed by atoms with Crippen LogP contribution in [-0.4, -0.2) is 34.9 Å². The molecule has 5 nitrogen and oxygen atoms in total. The number of hydrogen-bond donors (Lipinski definition) is 1. The van der Waals surface area contributed by atoms with Gasteiger partial charge in [0.05, 0.1) is 30.9 Å². The molecule has 0 aliphatic rings. The molecule has 4 aromatic rings. The molecule has 4 rings (SSSR count). The number of ether oxygens (including phenoxy) is 2. The third-order valence-corrected chi connectivity index (χ3v) is 7.13. The Morgan fingerprint density at radius 2 is 1.71 bits per heavy atom. The number of H-pyrrole nitrogens is 1. The van der Waals surface area contributed by atoms with Gasteiger partial charge in [0.1, 0.15) is 11.5 Å². The number of methoxy groups -OCH3 is 2. The molecule has 2 aromatic carbocycles. The fraction of sp³-hybridized carbons (Fsp3) is 0.250. The molecule has 2 heterocycles. The molecule has 160 valence electrons. The minimum absolute atomic E-state index is 0.773. The van der Waals surface area contributed by atoms with Gasteiger partial charge in [-0.05, 0) is 54.8 Å². The van der Waals surface area contributed by atoms with Crippen LogP contribution < -0.4 is 9.47 Å². The molecule has 0 spiro atoms. The summed E-state index contributed by atoms with van der Waals surface area (Å²) in [6, 6.07) is 16.3. The minimum atomic E-state index is 0.773. The van der Waals surface area contributed by atoms with Crippen molar-refractivity contribution in [3.05, 3.63) is 71.5 Å². The number of hydrogen-bond acceptors (Lipinski definition) is 6. The third-order valence-electron chi connectivity index (χ3n) is 5.08. The van der Waals surface area contributed by atoms with Crippen molar-refractivity contribution in [3.8, 4) is 11.5 Å². The number of aromatic amines is 1. The van der Waals surface area contributed by atoms with E-state index in [1.165, 1.54) is 16.0 Å². The van der Waals surface area contributed by atoms with Gasteiger partial charge in [0.25, 0.3) is 0 Å². The van der Waals surface area contributed by atoms with Crippen LogP contribution in [-0.2, 0) is 12.2 Å². The van der Waals surface area contributed by atoms with E-state index in [-0.39, 0.29) is 0 Å². The first-order valence-corrected chi connectivity index (χ1v) is 12.0. The average molecular weight is 452 g/mol. The van der Waals surface area contributed by atoms with Gasteiger partial charge in [0.15, 0.2) is 5.16 Å². The van der Waals surface area contributed by atoms with Gasteiger partial charge in [-0.3, -0.25) is 4.98 Å². The van der Waals surface area contributed by atoms with E-state index < -0.39 is 0 Å². The van der Waals surface area contributed by atoms with Crippen LogP contribution in [0.2, 0.25) is 0 Å². The van der Waals surface area contributed by atoms with Gasteiger partial charge >= 0.3 is 0 Å². The Morgan fingerprint density at radius 3 is 2.48 bits per heavy atom. The van der Waals surface area contributed by atoms with E-state index in [1.807, 2.05) is 48.3 Å². The van der Waals surface area contributed by atoms with Gasteiger partial charge < -0.3 is 14.5 Å². The Morgan fingerprint density at radius 1 is 0.935 bits per heavy atom. The van der Waals surface area contributed by atoms with Crippen LogP contribution in [0.3, 0.4) is 0 Å². The zero-order valence-electron chi connectivity index (χ0n) is 17.8. The standard InChI is InChI=1S/C24H25N3O2S2/c1-16-22(15-31-24-26-20-9-8-19(29-3)14-21(20)27-24)25-12-10-23(16)30-13-11-17-4-6-18(28-2)7-5-17/h4-10,12,14H,11,13,15H2,1-3H3,(H,26,27). The number of nitrogens with zero attached hydrogens (tertiary/aromatic N) is 2. The van der Waals surface area contributed by atoms with Crippen molar-refractivity contribution in [1.82, 2.24) is 15.0 Å². The van der Waals surface area contributed by atoms with Crippen LogP contribution in [0.15, 0.2) is 64.8 Å². The second kappa shape index (κ2) is 10.1. The molecule has 0 unspecified atom stereocenters. The Hall–Kier alpha value is -2.64. The normalized spacial score (nSPS) is 11.1. The molecule has 0 saturated carbocycles. The molecule has 0 amide bonds. The van der Waals surface area contributed by atoms with Crippen LogP contribution in [0.1, 0.15) is 16.8 Å². The smallest absolute Gasteiger partial charge is 0.166 e. The first-order chi connectivity index (χ1) is 15.2. The first-order valence-electron chi connectivity index (χ1n) is 10.0. The molecule has 2 aromatic heterocycles. The van der Waals surface area contributed by atoms with Crippen LogP contribution in [0, 0.1) is 6.92 Å². The van der Waals surface area contributed by atoms with Gasteiger partial charge in [-0.2, -0.15) is 0 Å². The predicted molar refractivity (Wildman–Crippen MR) is 129 cm³/mol. The molecular weight excluding hydrogens is 426 g/mol. The summed E-state index contributed by atoms with van der Waals surface area (Å²) >= 11 is 3.55. The van der Waals surface area contributed by atoms with Gasteiger partial charge in [-0.25, -0.2) is 4.98 Å². The van der Waals surface area contributed by atoms with E-state index in [1.54, 1.807) is 26.0 Å². The number of imidazole rings is 1. The number of thioether (sulfide) groups is 2. The summed E-state index contributed by atoms with van der Waals surface area (Å²) in [7, 11) is 3.36. The highest BCUT2D eigenvalue weighted by molar-refractivity contribution is 7.99. The number of aryl methyl sites for hydroxylation is 1. The second-order valence-corrected chi connectivity index (χ2v) is 9.14. The van der Waals surface area contributed by atoms with Crippen LogP contribution in [0.5, 0.6) is 11.5 Å². The Kier molecular flexibility index (Phi) is 7.04. The van der Waals surface area contributed by atoms with Gasteiger partial charge in [-0.1, -0.05) is 23.9 Å².